The molecule has 4 rings (SSSR count). The monoisotopic (exact) mass is 386 g/mol. The Labute approximate surface area is 170 Å². The quantitative estimate of drug-likeness (QED) is 0.450. The van der Waals surface area contributed by atoms with Crippen molar-refractivity contribution < 1.29 is 14.3 Å². The molecule has 3 fully saturated rings. The summed E-state index contributed by atoms with van der Waals surface area (Å²) < 4.78 is 5.56. The third-order valence-corrected chi connectivity index (χ3v) is 10.3. The normalized spacial score (nSPS) is 50.1. The topological polar surface area (TPSA) is 43.4 Å². The molecule has 0 aromatic rings. The summed E-state index contributed by atoms with van der Waals surface area (Å²) in [5, 5.41) is 0. The molecular formula is C25H38O3. The van der Waals surface area contributed by atoms with E-state index in [2.05, 4.69) is 33.8 Å². The number of carbonyl (C=O) groups excluding carboxylic acids is 2. The molecular weight excluding hydrogens is 348 g/mol. The Balaban J connectivity index is 1.64. The van der Waals surface area contributed by atoms with Gasteiger partial charge < -0.3 is 4.74 Å². The number of Topliss-reactive ketones (excluding diaryl/α,β-unsaturated/α-hetero) is 1. The number of carbonyl (C=O) groups is 2. The summed E-state index contributed by atoms with van der Waals surface area (Å²) >= 11 is 0. The summed E-state index contributed by atoms with van der Waals surface area (Å²) in [5.74, 6) is 2.77. The van der Waals surface area contributed by atoms with Crippen molar-refractivity contribution in [3.63, 3.8) is 0 Å². The summed E-state index contributed by atoms with van der Waals surface area (Å²) in [6.45, 7) is 12.8. The average Bonchev–Trinajstić information content (AvgIpc) is 2.83. The fourth-order valence-electron chi connectivity index (χ4n) is 8.29. The average molecular weight is 387 g/mol. The van der Waals surface area contributed by atoms with Gasteiger partial charge in [0.2, 0.25) is 0 Å². The smallest absolute Gasteiger partial charge is 0.302 e. The molecule has 3 heteroatoms. The molecule has 8 atom stereocenters. The number of hydrogen-bond acceptors (Lipinski definition) is 3. The highest BCUT2D eigenvalue weighted by Gasteiger charge is 2.66. The number of esters is 1. The SMILES string of the molecule is CC(=O)OC1CCC2(C)C(=CCC3C2CCC2(C)C3CC(C)C2(C)C(C)=O)C1. The van der Waals surface area contributed by atoms with E-state index in [-0.39, 0.29) is 28.3 Å². The van der Waals surface area contributed by atoms with E-state index in [1.54, 1.807) is 0 Å². The molecule has 0 aromatic carbocycles. The van der Waals surface area contributed by atoms with E-state index in [1.807, 2.05) is 6.92 Å². The van der Waals surface area contributed by atoms with Crippen LogP contribution in [0, 0.1) is 39.9 Å². The third-order valence-electron chi connectivity index (χ3n) is 10.3. The molecule has 28 heavy (non-hydrogen) atoms. The standard InChI is InChI=1S/C25H38O3/c1-15-13-22-20-8-7-18-14-19(28-17(3)27)9-11-23(18,4)21(20)10-12-24(22,5)25(15,6)16(2)26/h7,15,19-22H,8-14H2,1-6H3. The van der Waals surface area contributed by atoms with Crippen molar-refractivity contribution in [1.82, 2.24) is 0 Å². The second kappa shape index (κ2) is 6.44. The number of hydrogen-bond donors (Lipinski definition) is 0. The lowest BCUT2D eigenvalue weighted by Crippen LogP contribution is -2.53. The predicted molar refractivity (Wildman–Crippen MR) is 111 cm³/mol. The van der Waals surface area contributed by atoms with Crippen molar-refractivity contribution in [1.29, 1.82) is 0 Å². The summed E-state index contributed by atoms with van der Waals surface area (Å²) in [5.41, 5.74) is 1.74. The fraction of sp³-hybridized carbons (Fsp3) is 0.840. The van der Waals surface area contributed by atoms with Gasteiger partial charge in [-0.2, -0.15) is 0 Å². The van der Waals surface area contributed by atoms with Crippen LogP contribution in [0.3, 0.4) is 0 Å². The summed E-state index contributed by atoms with van der Waals surface area (Å²) in [6, 6.07) is 0. The number of allylic oxidation sites excluding steroid dienone is 1. The Morgan fingerprint density at radius 3 is 2.43 bits per heavy atom. The highest BCUT2D eigenvalue weighted by molar-refractivity contribution is 5.83. The van der Waals surface area contributed by atoms with Gasteiger partial charge in [-0.05, 0) is 80.0 Å². The minimum absolute atomic E-state index is 0.0646. The summed E-state index contributed by atoms with van der Waals surface area (Å²) in [6.07, 6.45) is 10.3. The summed E-state index contributed by atoms with van der Waals surface area (Å²) in [7, 11) is 0. The van der Waals surface area contributed by atoms with E-state index >= 15 is 0 Å². The van der Waals surface area contributed by atoms with Gasteiger partial charge in [0.05, 0.1) is 0 Å². The van der Waals surface area contributed by atoms with Crippen molar-refractivity contribution in [2.75, 3.05) is 0 Å². The van der Waals surface area contributed by atoms with Gasteiger partial charge in [-0.15, -0.1) is 0 Å². The number of ketones is 1. The zero-order chi connectivity index (χ0) is 20.5. The summed E-state index contributed by atoms with van der Waals surface area (Å²) in [4.78, 5) is 24.2. The van der Waals surface area contributed by atoms with Gasteiger partial charge in [0.25, 0.3) is 0 Å². The Kier molecular flexibility index (Phi) is 4.64. The molecule has 0 N–H and O–H groups in total. The largest absolute Gasteiger partial charge is 0.462 e. The Bertz CT molecular complexity index is 723. The molecule has 8 unspecified atom stereocenters. The van der Waals surface area contributed by atoms with Gasteiger partial charge in [-0.3, -0.25) is 9.59 Å². The lowest BCUT2D eigenvalue weighted by atomic mass is 9.45. The van der Waals surface area contributed by atoms with E-state index in [9.17, 15) is 9.59 Å². The maximum atomic E-state index is 12.8. The Hall–Kier alpha value is -1.12. The second-order valence-corrected chi connectivity index (χ2v) is 11.1. The van der Waals surface area contributed by atoms with Crippen molar-refractivity contribution >= 4 is 11.8 Å². The first kappa shape index (κ1) is 20.2. The Morgan fingerprint density at radius 2 is 1.79 bits per heavy atom. The van der Waals surface area contributed by atoms with Crippen LogP contribution in [0.25, 0.3) is 0 Å². The zero-order valence-electron chi connectivity index (χ0n) is 18.6. The molecule has 0 radical (unpaired) electrons. The maximum Gasteiger partial charge on any atom is 0.302 e. The predicted octanol–water partition coefficient (Wildman–Crippen LogP) is 5.72. The highest BCUT2D eigenvalue weighted by atomic mass is 16.5. The van der Waals surface area contributed by atoms with Crippen molar-refractivity contribution in [3.05, 3.63) is 11.6 Å². The van der Waals surface area contributed by atoms with Gasteiger partial charge >= 0.3 is 5.97 Å². The number of rotatable bonds is 2. The molecule has 3 nitrogen and oxygen atoms in total. The minimum Gasteiger partial charge on any atom is -0.462 e. The molecule has 156 valence electrons. The van der Waals surface area contributed by atoms with Gasteiger partial charge in [0.15, 0.2) is 0 Å². The molecule has 0 bridgehead atoms. The van der Waals surface area contributed by atoms with Gasteiger partial charge in [-0.25, -0.2) is 0 Å². The maximum absolute atomic E-state index is 12.8. The van der Waals surface area contributed by atoms with Gasteiger partial charge in [0, 0.05) is 18.8 Å². The first-order valence-electron chi connectivity index (χ1n) is 11.4. The van der Waals surface area contributed by atoms with Crippen LogP contribution in [0.5, 0.6) is 0 Å². The molecule has 0 spiro atoms. The van der Waals surface area contributed by atoms with Crippen LogP contribution in [0.4, 0.5) is 0 Å². The van der Waals surface area contributed by atoms with E-state index in [0.717, 1.165) is 25.7 Å². The van der Waals surface area contributed by atoms with Crippen LogP contribution in [-0.4, -0.2) is 17.9 Å². The van der Waals surface area contributed by atoms with Crippen LogP contribution in [0.15, 0.2) is 11.6 Å². The molecule has 0 amide bonds. The Morgan fingerprint density at radius 1 is 1.07 bits per heavy atom. The first-order chi connectivity index (χ1) is 13.0. The molecule has 0 aliphatic heterocycles. The molecule has 3 saturated carbocycles. The third kappa shape index (κ3) is 2.53. The van der Waals surface area contributed by atoms with Crippen LogP contribution >= 0.6 is 0 Å². The zero-order valence-corrected chi connectivity index (χ0v) is 18.6. The lowest BCUT2D eigenvalue weighted by molar-refractivity contribution is -0.150. The van der Waals surface area contributed by atoms with Crippen LogP contribution in [-0.2, 0) is 14.3 Å². The van der Waals surface area contributed by atoms with Crippen molar-refractivity contribution in [2.45, 2.75) is 92.6 Å². The number of ether oxygens (including phenoxy) is 1. The van der Waals surface area contributed by atoms with Gasteiger partial charge in [0.1, 0.15) is 11.9 Å². The van der Waals surface area contributed by atoms with Crippen LogP contribution in [0.1, 0.15) is 86.5 Å². The van der Waals surface area contributed by atoms with Crippen LogP contribution < -0.4 is 0 Å². The lowest BCUT2D eigenvalue weighted by Gasteiger charge is -2.59. The minimum atomic E-state index is -0.180. The molecule has 4 aliphatic rings. The van der Waals surface area contributed by atoms with Crippen LogP contribution in [0.2, 0.25) is 0 Å². The number of fused-ring (bicyclic) bond motifs is 5. The molecule has 0 aromatic heterocycles. The van der Waals surface area contributed by atoms with E-state index in [1.165, 1.54) is 31.8 Å². The first-order valence-corrected chi connectivity index (χ1v) is 11.4. The molecule has 0 heterocycles. The highest BCUT2D eigenvalue weighted by Crippen LogP contribution is 2.71. The fourth-order valence-corrected chi connectivity index (χ4v) is 8.29. The van der Waals surface area contributed by atoms with Gasteiger partial charge in [-0.1, -0.05) is 39.3 Å². The van der Waals surface area contributed by atoms with E-state index in [4.69, 9.17) is 4.74 Å². The molecule has 0 saturated heterocycles. The van der Waals surface area contributed by atoms with E-state index < -0.39 is 0 Å². The van der Waals surface area contributed by atoms with Crippen molar-refractivity contribution in [3.8, 4) is 0 Å². The van der Waals surface area contributed by atoms with E-state index in [0.29, 0.717) is 29.5 Å². The second-order valence-electron chi connectivity index (χ2n) is 11.1. The van der Waals surface area contributed by atoms with Crippen molar-refractivity contribution in [2.24, 2.45) is 39.9 Å². The molecule has 4 aliphatic carbocycles.